The number of aliphatic hydroxyl groups excluding tert-OH is 1. The molecule has 1 unspecified atom stereocenters. The lowest BCUT2D eigenvalue weighted by Crippen LogP contribution is -2.38. The first-order chi connectivity index (χ1) is 12.2. The number of hydrogen-bond donors (Lipinski definition) is 2. The molecule has 2 N–H and O–H groups in total. The minimum atomic E-state index is -0.0926. The van der Waals surface area contributed by atoms with Gasteiger partial charge in [-0.3, -0.25) is 14.8 Å². The van der Waals surface area contributed by atoms with Gasteiger partial charge in [0.25, 0.3) is 0 Å². The zero-order valence-electron chi connectivity index (χ0n) is 15.0. The van der Waals surface area contributed by atoms with Gasteiger partial charge >= 0.3 is 0 Å². The van der Waals surface area contributed by atoms with Gasteiger partial charge in [0.2, 0.25) is 5.91 Å². The average Bonchev–Trinajstić information content (AvgIpc) is 2.93. The topological polar surface area (TPSA) is 94.6 Å². The number of amides is 1. The van der Waals surface area contributed by atoms with E-state index in [-0.39, 0.29) is 25.0 Å². The van der Waals surface area contributed by atoms with Crippen molar-refractivity contribution in [2.24, 2.45) is 5.92 Å². The minimum Gasteiger partial charge on any atom is -0.396 e. The highest BCUT2D eigenvalue weighted by Crippen LogP contribution is 2.28. The van der Waals surface area contributed by atoms with E-state index >= 15 is 0 Å². The molecule has 25 heavy (non-hydrogen) atoms. The first kappa shape index (κ1) is 18.3. The zero-order chi connectivity index (χ0) is 17.6. The molecule has 0 aromatic carbocycles. The van der Waals surface area contributed by atoms with Crippen LogP contribution in [0.3, 0.4) is 0 Å². The summed E-state index contributed by atoms with van der Waals surface area (Å²) in [6, 6.07) is 0.125. The maximum absolute atomic E-state index is 12.2. The van der Waals surface area contributed by atoms with E-state index < -0.39 is 0 Å². The molecule has 8 heteroatoms. The quantitative estimate of drug-likeness (QED) is 0.802. The SMILES string of the molecule is Cc1nc(C2CCN(C(=O)CCO)CCN2CC2CCOCC2)n[nH]1. The molecule has 0 radical (unpaired) electrons. The summed E-state index contributed by atoms with van der Waals surface area (Å²) in [5, 5.41) is 16.4. The van der Waals surface area contributed by atoms with E-state index in [0.717, 1.165) is 57.2 Å². The van der Waals surface area contributed by atoms with Crippen LogP contribution in [0.1, 0.15) is 43.4 Å². The van der Waals surface area contributed by atoms with Gasteiger partial charge < -0.3 is 14.7 Å². The molecule has 0 spiro atoms. The van der Waals surface area contributed by atoms with Crippen LogP contribution in [-0.2, 0) is 9.53 Å². The summed E-state index contributed by atoms with van der Waals surface area (Å²) >= 11 is 0. The van der Waals surface area contributed by atoms with Gasteiger partial charge in [0.05, 0.1) is 12.6 Å². The number of hydrogen-bond acceptors (Lipinski definition) is 6. The summed E-state index contributed by atoms with van der Waals surface area (Å²) in [6.07, 6.45) is 3.19. The number of rotatable bonds is 5. The first-order valence-electron chi connectivity index (χ1n) is 9.26. The maximum Gasteiger partial charge on any atom is 0.224 e. The molecule has 2 fully saturated rings. The fourth-order valence-electron chi connectivity index (χ4n) is 3.76. The van der Waals surface area contributed by atoms with Crippen LogP contribution >= 0.6 is 0 Å². The van der Waals surface area contributed by atoms with Gasteiger partial charge in [0.1, 0.15) is 5.82 Å². The zero-order valence-corrected chi connectivity index (χ0v) is 15.0. The van der Waals surface area contributed by atoms with Crippen LogP contribution in [0.5, 0.6) is 0 Å². The molecule has 8 nitrogen and oxygen atoms in total. The Morgan fingerprint density at radius 3 is 2.76 bits per heavy atom. The van der Waals surface area contributed by atoms with Crippen molar-refractivity contribution in [1.29, 1.82) is 0 Å². The van der Waals surface area contributed by atoms with Crippen LogP contribution in [0, 0.1) is 12.8 Å². The smallest absolute Gasteiger partial charge is 0.224 e. The van der Waals surface area contributed by atoms with Gasteiger partial charge in [0.15, 0.2) is 5.82 Å². The Balaban J connectivity index is 1.71. The normalized spacial score (nSPS) is 23.6. The van der Waals surface area contributed by atoms with Crippen LogP contribution in [0.25, 0.3) is 0 Å². The Morgan fingerprint density at radius 2 is 2.08 bits per heavy atom. The van der Waals surface area contributed by atoms with E-state index in [0.29, 0.717) is 19.0 Å². The van der Waals surface area contributed by atoms with Crippen molar-refractivity contribution >= 4 is 5.91 Å². The maximum atomic E-state index is 12.2. The Labute approximate surface area is 148 Å². The van der Waals surface area contributed by atoms with Crippen molar-refractivity contribution in [2.75, 3.05) is 46.0 Å². The first-order valence-corrected chi connectivity index (χ1v) is 9.26. The third kappa shape index (κ3) is 4.77. The van der Waals surface area contributed by atoms with Gasteiger partial charge in [0, 0.05) is 45.8 Å². The van der Waals surface area contributed by atoms with Crippen molar-refractivity contribution in [3.8, 4) is 0 Å². The summed E-state index contributed by atoms with van der Waals surface area (Å²) in [7, 11) is 0. The second kappa shape index (κ2) is 8.73. The van der Waals surface area contributed by atoms with E-state index in [1.54, 1.807) is 0 Å². The van der Waals surface area contributed by atoms with Crippen LogP contribution in [-0.4, -0.2) is 82.0 Å². The summed E-state index contributed by atoms with van der Waals surface area (Å²) in [4.78, 5) is 21.0. The Bertz CT molecular complexity index is 558. The molecule has 140 valence electrons. The average molecular weight is 351 g/mol. The number of nitrogens with zero attached hydrogens (tertiary/aromatic N) is 4. The number of ether oxygens (including phenoxy) is 1. The number of aromatic amines is 1. The number of aromatic nitrogens is 3. The predicted molar refractivity (Wildman–Crippen MR) is 91.9 cm³/mol. The largest absolute Gasteiger partial charge is 0.396 e. The molecule has 1 aromatic heterocycles. The molecule has 3 heterocycles. The highest BCUT2D eigenvalue weighted by Gasteiger charge is 2.31. The second-order valence-electron chi connectivity index (χ2n) is 6.99. The van der Waals surface area contributed by atoms with E-state index in [1.165, 1.54) is 0 Å². The van der Waals surface area contributed by atoms with Crippen molar-refractivity contribution < 1.29 is 14.6 Å². The molecule has 1 atom stereocenters. The van der Waals surface area contributed by atoms with Crippen molar-refractivity contribution in [1.82, 2.24) is 25.0 Å². The van der Waals surface area contributed by atoms with Gasteiger partial charge in [-0.1, -0.05) is 0 Å². The summed E-state index contributed by atoms with van der Waals surface area (Å²) < 4.78 is 5.48. The van der Waals surface area contributed by atoms with Crippen molar-refractivity contribution in [3.63, 3.8) is 0 Å². The van der Waals surface area contributed by atoms with Gasteiger partial charge in [-0.05, 0) is 32.1 Å². The molecule has 0 saturated carbocycles. The van der Waals surface area contributed by atoms with Gasteiger partial charge in [-0.2, -0.15) is 5.10 Å². The number of aliphatic hydroxyl groups is 1. The predicted octanol–water partition coefficient (Wildman–Crippen LogP) is 0.498. The molecular weight excluding hydrogens is 322 g/mol. The minimum absolute atomic E-state index is 0.0281. The fraction of sp³-hybridized carbons (Fsp3) is 0.824. The van der Waals surface area contributed by atoms with Gasteiger partial charge in [-0.15, -0.1) is 0 Å². The monoisotopic (exact) mass is 351 g/mol. The standard InChI is InChI=1S/C17H29N5O3/c1-13-18-17(20-19-13)15-2-6-21(16(24)3-9-23)7-8-22(15)12-14-4-10-25-11-5-14/h14-15,23H,2-12H2,1H3,(H,18,19,20). The fourth-order valence-corrected chi connectivity index (χ4v) is 3.76. The van der Waals surface area contributed by atoms with Crippen molar-refractivity contribution in [3.05, 3.63) is 11.6 Å². The number of H-pyrrole nitrogens is 1. The van der Waals surface area contributed by atoms with Crippen LogP contribution in [0.15, 0.2) is 0 Å². The number of carbonyl (C=O) groups is 1. The molecule has 1 aromatic rings. The Kier molecular flexibility index (Phi) is 6.39. The lowest BCUT2D eigenvalue weighted by atomic mass is 9.98. The highest BCUT2D eigenvalue weighted by atomic mass is 16.5. The molecule has 2 saturated heterocycles. The molecule has 0 bridgehead atoms. The number of aryl methyl sites for hydroxylation is 1. The Morgan fingerprint density at radius 1 is 1.28 bits per heavy atom. The van der Waals surface area contributed by atoms with Crippen LogP contribution in [0.4, 0.5) is 0 Å². The number of nitrogens with one attached hydrogen (secondary N) is 1. The third-order valence-corrected chi connectivity index (χ3v) is 5.19. The second-order valence-corrected chi connectivity index (χ2v) is 6.99. The highest BCUT2D eigenvalue weighted by molar-refractivity contribution is 5.76. The van der Waals surface area contributed by atoms with E-state index in [2.05, 4.69) is 20.1 Å². The van der Waals surface area contributed by atoms with Crippen LogP contribution in [0.2, 0.25) is 0 Å². The third-order valence-electron chi connectivity index (χ3n) is 5.19. The molecule has 2 aliphatic heterocycles. The van der Waals surface area contributed by atoms with Gasteiger partial charge in [-0.25, -0.2) is 4.98 Å². The molecule has 3 rings (SSSR count). The van der Waals surface area contributed by atoms with E-state index in [1.807, 2.05) is 11.8 Å². The molecular formula is C17H29N5O3. The van der Waals surface area contributed by atoms with Crippen LogP contribution < -0.4 is 0 Å². The van der Waals surface area contributed by atoms with E-state index in [4.69, 9.17) is 9.84 Å². The molecule has 1 amide bonds. The molecule has 2 aliphatic rings. The summed E-state index contributed by atoms with van der Waals surface area (Å²) in [6.45, 7) is 6.67. The Hall–Kier alpha value is -1.51. The lowest BCUT2D eigenvalue weighted by molar-refractivity contribution is -0.131. The summed E-state index contributed by atoms with van der Waals surface area (Å²) in [5.74, 6) is 2.29. The van der Waals surface area contributed by atoms with Crippen molar-refractivity contribution in [2.45, 2.75) is 38.6 Å². The number of carbonyl (C=O) groups excluding carboxylic acids is 1. The van der Waals surface area contributed by atoms with E-state index in [9.17, 15) is 4.79 Å². The summed E-state index contributed by atoms with van der Waals surface area (Å²) in [5.41, 5.74) is 0. The molecule has 0 aliphatic carbocycles. The lowest BCUT2D eigenvalue weighted by Gasteiger charge is -2.32.